The molecule has 0 spiro atoms. The normalized spacial score (nSPS) is 17.0. The molecule has 1 saturated heterocycles. The van der Waals surface area contributed by atoms with Crippen LogP contribution in [0.2, 0.25) is 0 Å². The van der Waals surface area contributed by atoms with Crippen LogP contribution in [-0.4, -0.2) is 18.4 Å². The molecule has 0 bridgehead atoms. The van der Waals surface area contributed by atoms with Crippen LogP contribution in [0.1, 0.15) is 44.2 Å². The largest absolute Gasteiger partial charge is 0.326 e. The van der Waals surface area contributed by atoms with E-state index in [0.717, 1.165) is 17.8 Å². The van der Waals surface area contributed by atoms with Crippen LogP contribution in [0, 0.1) is 5.92 Å². The van der Waals surface area contributed by atoms with Crippen LogP contribution in [0.25, 0.3) is 0 Å². The van der Waals surface area contributed by atoms with E-state index in [-0.39, 0.29) is 24.2 Å². The SMILES string of the molecule is CCc1ccc(N2C[C@H](C(=O)Nc3ccc(C(C)C)cc3)CC2=O)cc1. The highest BCUT2D eigenvalue weighted by Gasteiger charge is 2.35. The van der Waals surface area contributed by atoms with Crippen molar-refractivity contribution in [3.63, 3.8) is 0 Å². The highest BCUT2D eigenvalue weighted by atomic mass is 16.2. The van der Waals surface area contributed by atoms with E-state index in [1.54, 1.807) is 4.90 Å². The number of amides is 2. The number of hydrogen-bond donors (Lipinski definition) is 1. The summed E-state index contributed by atoms with van der Waals surface area (Å²) in [5.41, 5.74) is 4.11. The van der Waals surface area contributed by atoms with Crippen molar-refractivity contribution >= 4 is 23.2 Å². The number of rotatable bonds is 5. The lowest BCUT2D eigenvalue weighted by Crippen LogP contribution is -2.28. The predicted molar refractivity (Wildman–Crippen MR) is 105 cm³/mol. The van der Waals surface area contributed by atoms with Gasteiger partial charge in [-0.2, -0.15) is 0 Å². The van der Waals surface area contributed by atoms with Gasteiger partial charge in [0.15, 0.2) is 0 Å². The summed E-state index contributed by atoms with van der Waals surface area (Å²) < 4.78 is 0. The van der Waals surface area contributed by atoms with Gasteiger partial charge in [-0.1, -0.05) is 45.0 Å². The summed E-state index contributed by atoms with van der Waals surface area (Å²) in [6.07, 6.45) is 1.22. The van der Waals surface area contributed by atoms with E-state index in [1.165, 1.54) is 11.1 Å². The molecule has 4 heteroatoms. The maximum atomic E-state index is 12.6. The van der Waals surface area contributed by atoms with Crippen molar-refractivity contribution in [1.82, 2.24) is 0 Å². The van der Waals surface area contributed by atoms with E-state index in [4.69, 9.17) is 0 Å². The number of nitrogens with one attached hydrogen (secondary N) is 1. The number of anilines is 2. The zero-order valence-corrected chi connectivity index (χ0v) is 15.7. The van der Waals surface area contributed by atoms with Gasteiger partial charge < -0.3 is 10.2 Å². The van der Waals surface area contributed by atoms with E-state index < -0.39 is 0 Å². The molecule has 1 fully saturated rings. The molecule has 2 aromatic carbocycles. The third-order valence-corrected chi connectivity index (χ3v) is 5.00. The average molecular weight is 350 g/mol. The van der Waals surface area contributed by atoms with Crippen LogP contribution in [0.4, 0.5) is 11.4 Å². The lowest BCUT2D eigenvalue weighted by atomic mass is 10.0. The Balaban J connectivity index is 1.64. The van der Waals surface area contributed by atoms with Gasteiger partial charge in [0, 0.05) is 24.3 Å². The van der Waals surface area contributed by atoms with Crippen LogP contribution in [0.15, 0.2) is 48.5 Å². The van der Waals surface area contributed by atoms with Crippen molar-refractivity contribution in [1.29, 1.82) is 0 Å². The fraction of sp³-hybridized carbons (Fsp3) is 0.364. The molecule has 0 unspecified atom stereocenters. The van der Waals surface area contributed by atoms with Gasteiger partial charge in [-0.15, -0.1) is 0 Å². The Morgan fingerprint density at radius 3 is 2.35 bits per heavy atom. The fourth-order valence-electron chi connectivity index (χ4n) is 3.24. The van der Waals surface area contributed by atoms with Gasteiger partial charge in [0.05, 0.1) is 5.92 Å². The zero-order valence-electron chi connectivity index (χ0n) is 15.7. The Kier molecular flexibility index (Phi) is 5.40. The number of carbonyl (C=O) groups excluding carboxylic acids is 2. The molecule has 136 valence electrons. The van der Waals surface area contributed by atoms with Crippen molar-refractivity contribution in [3.05, 3.63) is 59.7 Å². The maximum absolute atomic E-state index is 12.6. The summed E-state index contributed by atoms with van der Waals surface area (Å²) in [6.45, 7) is 6.81. The number of benzene rings is 2. The molecule has 26 heavy (non-hydrogen) atoms. The molecule has 4 nitrogen and oxygen atoms in total. The molecule has 1 heterocycles. The van der Waals surface area contributed by atoms with Crippen molar-refractivity contribution < 1.29 is 9.59 Å². The number of carbonyl (C=O) groups is 2. The van der Waals surface area contributed by atoms with Gasteiger partial charge in [0.25, 0.3) is 0 Å². The Morgan fingerprint density at radius 1 is 1.12 bits per heavy atom. The summed E-state index contributed by atoms with van der Waals surface area (Å²) in [5.74, 6) is 0.0471. The summed E-state index contributed by atoms with van der Waals surface area (Å²) >= 11 is 0. The summed E-state index contributed by atoms with van der Waals surface area (Å²) in [6, 6.07) is 15.9. The third kappa shape index (κ3) is 3.96. The first-order valence-corrected chi connectivity index (χ1v) is 9.28. The Hall–Kier alpha value is -2.62. The van der Waals surface area contributed by atoms with E-state index in [1.807, 2.05) is 48.5 Å². The van der Waals surface area contributed by atoms with Crippen molar-refractivity contribution in [2.24, 2.45) is 5.92 Å². The molecule has 1 aliphatic rings. The topological polar surface area (TPSA) is 49.4 Å². The van der Waals surface area contributed by atoms with Crippen LogP contribution in [0.3, 0.4) is 0 Å². The van der Waals surface area contributed by atoms with Crippen molar-refractivity contribution in [2.45, 2.75) is 39.5 Å². The predicted octanol–water partition coefficient (Wildman–Crippen LogP) is 4.36. The first kappa shape index (κ1) is 18.2. The zero-order chi connectivity index (χ0) is 18.7. The van der Waals surface area contributed by atoms with E-state index in [9.17, 15) is 9.59 Å². The average Bonchev–Trinajstić information content (AvgIpc) is 3.04. The van der Waals surface area contributed by atoms with Gasteiger partial charge in [-0.05, 0) is 47.7 Å². The molecule has 0 aliphatic carbocycles. The summed E-state index contributed by atoms with van der Waals surface area (Å²) in [7, 11) is 0. The molecule has 0 aromatic heterocycles. The first-order chi connectivity index (χ1) is 12.5. The number of hydrogen-bond acceptors (Lipinski definition) is 2. The van der Waals surface area contributed by atoms with E-state index in [2.05, 4.69) is 26.1 Å². The van der Waals surface area contributed by atoms with E-state index >= 15 is 0 Å². The molecule has 1 aliphatic heterocycles. The highest BCUT2D eigenvalue weighted by Crippen LogP contribution is 2.26. The standard InChI is InChI=1S/C22H26N2O2/c1-4-16-5-11-20(12-6-16)24-14-18(13-21(24)25)22(26)23-19-9-7-17(8-10-19)15(2)3/h5-12,15,18H,4,13-14H2,1-3H3,(H,23,26)/t18-/m1/s1. The summed E-state index contributed by atoms with van der Waals surface area (Å²) in [4.78, 5) is 26.6. The van der Waals surface area contributed by atoms with Crippen LogP contribution in [0.5, 0.6) is 0 Å². The minimum absolute atomic E-state index is 0.00422. The molecule has 3 rings (SSSR count). The Bertz CT molecular complexity index is 779. The van der Waals surface area contributed by atoms with Crippen LogP contribution in [-0.2, 0) is 16.0 Å². The lowest BCUT2D eigenvalue weighted by molar-refractivity contribution is -0.122. The third-order valence-electron chi connectivity index (χ3n) is 5.00. The summed E-state index contributed by atoms with van der Waals surface area (Å²) in [5, 5.41) is 2.94. The molecule has 2 aromatic rings. The quantitative estimate of drug-likeness (QED) is 0.871. The van der Waals surface area contributed by atoms with Gasteiger partial charge in [-0.3, -0.25) is 9.59 Å². The minimum Gasteiger partial charge on any atom is -0.326 e. The monoisotopic (exact) mass is 350 g/mol. The van der Waals surface area contributed by atoms with Gasteiger partial charge in [-0.25, -0.2) is 0 Å². The second kappa shape index (κ2) is 7.73. The molecule has 0 radical (unpaired) electrons. The van der Waals surface area contributed by atoms with Gasteiger partial charge in [0.2, 0.25) is 11.8 Å². The highest BCUT2D eigenvalue weighted by molar-refractivity contribution is 6.03. The number of aryl methyl sites for hydroxylation is 1. The van der Waals surface area contributed by atoms with Crippen LogP contribution >= 0.6 is 0 Å². The fourth-order valence-corrected chi connectivity index (χ4v) is 3.24. The first-order valence-electron chi connectivity index (χ1n) is 9.28. The Morgan fingerprint density at radius 2 is 1.77 bits per heavy atom. The maximum Gasteiger partial charge on any atom is 0.229 e. The molecule has 0 saturated carbocycles. The van der Waals surface area contributed by atoms with Gasteiger partial charge >= 0.3 is 0 Å². The van der Waals surface area contributed by atoms with Gasteiger partial charge in [0.1, 0.15) is 0 Å². The molecular weight excluding hydrogens is 324 g/mol. The second-order valence-electron chi connectivity index (χ2n) is 7.19. The minimum atomic E-state index is -0.321. The molecule has 1 N–H and O–H groups in total. The van der Waals surface area contributed by atoms with Crippen LogP contribution < -0.4 is 10.2 Å². The van der Waals surface area contributed by atoms with Crippen molar-refractivity contribution in [2.75, 3.05) is 16.8 Å². The Labute approximate surface area is 155 Å². The second-order valence-corrected chi connectivity index (χ2v) is 7.19. The molecular formula is C22H26N2O2. The molecule has 1 atom stereocenters. The number of nitrogens with zero attached hydrogens (tertiary/aromatic N) is 1. The van der Waals surface area contributed by atoms with Crippen molar-refractivity contribution in [3.8, 4) is 0 Å². The smallest absolute Gasteiger partial charge is 0.229 e. The van der Waals surface area contributed by atoms with E-state index in [0.29, 0.717) is 12.5 Å². The lowest BCUT2D eigenvalue weighted by Gasteiger charge is -2.17. The molecule has 2 amide bonds.